The minimum absolute atomic E-state index is 0.261. The highest BCUT2D eigenvalue weighted by atomic mass is 16.6. The summed E-state index contributed by atoms with van der Waals surface area (Å²) < 4.78 is 5.15. The first-order valence-corrected chi connectivity index (χ1v) is 7.45. The number of carbonyl (C=O) groups is 2. The van der Waals surface area contributed by atoms with Crippen molar-refractivity contribution in [3.8, 4) is 0 Å². The van der Waals surface area contributed by atoms with Crippen LogP contribution in [-0.2, 0) is 9.53 Å². The monoisotopic (exact) mass is 286 g/mol. The molecular formula is C14H26N2O4. The van der Waals surface area contributed by atoms with Crippen LogP contribution in [0.15, 0.2) is 0 Å². The van der Waals surface area contributed by atoms with E-state index >= 15 is 0 Å². The molecule has 6 heteroatoms. The fraction of sp³-hybridized carbons (Fsp3) is 0.857. The van der Waals surface area contributed by atoms with Crippen LogP contribution in [0, 0.1) is 5.92 Å². The maximum atomic E-state index is 11.9. The van der Waals surface area contributed by atoms with Gasteiger partial charge in [0.15, 0.2) is 0 Å². The van der Waals surface area contributed by atoms with E-state index in [0.717, 1.165) is 19.4 Å². The third-order valence-electron chi connectivity index (χ3n) is 3.49. The van der Waals surface area contributed by atoms with E-state index in [-0.39, 0.29) is 12.0 Å². The first kappa shape index (κ1) is 16.8. The highest BCUT2D eigenvalue weighted by molar-refractivity contribution is 5.70. The molecule has 0 aromatic heterocycles. The fourth-order valence-electron chi connectivity index (χ4n) is 2.34. The van der Waals surface area contributed by atoms with Crippen molar-refractivity contribution in [2.45, 2.75) is 33.1 Å². The summed E-state index contributed by atoms with van der Waals surface area (Å²) in [6.07, 6.45) is 2.14. The third kappa shape index (κ3) is 5.36. The number of hydrogen-bond acceptors (Lipinski definition) is 4. The average molecular weight is 286 g/mol. The van der Waals surface area contributed by atoms with Gasteiger partial charge in [0.2, 0.25) is 0 Å². The van der Waals surface area contributed by atoms with Gasteiger partial charge in [-0.05, 0) is 25.8 Å². The second-order valence-electron chi connectivity index (χ2n) is 5.23. The Hall–Kier alpha value is -1.30. The van der Waals surface area contributed by atoms with Crippen molar-refractivity contribution in [1.82, 2.24) is 9.80 Å². The number of carboxylic acids is 1. The lowest BCUT2D eigenvalue weighted by atomic mass is 10.1. The van der Waals surface area contributed by atoms with Gasteiger partial charge in [-0.25, -0.2) is 4.79 Å². The number of hydrogen-bond donors (Lipinski definition) is 1. The molecule has 1 amide bonds. The van der Waals surface area contributed by atoms with E-state index in [0.29, 0.717) is 39.2 Å². The van der Waals surface area contributed by atoms with Crippen molar-refractivity contribution in [2.24, 2.45) is 5.92 Å². The van der Waals surface area contributed by atoms with Gasteiger partial charge >= 0.3 is 12.1 Å². The van der Waals surface area contributed by atoms with Crippen molar-refractivity contribution in [3.63, 3.8) is 0 Å². The van der Waals surface area contributed by atoms with Crippen LogP contribution in [0.3, 0.4) is 0 Å². The van der Waals surface area contributed by atoms with Gasteiger partial charge in [0, 0.05) is 26.2 Å². The molecular weight excluding hydrogens is 260 g/mol. The highest BCUT2D eigenvalue weighted by Crippen LogP contribution is 2.15. The second kappa shape index (κ2) is 8.79. The molecule has 1 saturated heterocycles. The highest BCUT2D eigenvalue weighted by Gasteiger charge is 2.28. The molecule has 1 aliphatic heterocycles. The molecule has 1 heterocycles. The maximum Gasteiger partial charge on any atom is 0.409 e. The average Bonchev–Trinajstić information content (AvgIpc) is 2.89. The molecule has 0 radical (unpaired) electrons. The van der Waals surface area contributed by atoms with Gasteiger partial charge in [0.25, 0.3) is 0 Å². The van der Waals surface area contributed by atoms with Crippen molar-refractivity contribution in [3.05, 3.63) is 0 Å². The quantitative estimate of drug-likeness (QED) is 0.734. The predicted molar refractivity (Wildman–Crippen MR) is 75.7 cm³/mol. The summed E-state index contributed by atoms with van der Waals surface area (Å²) in [7, 11) is 0. The van der Waals surface area contributed by atoms with E-state index in [2.05, 4.69) is 4.90 Å². The molecule has 1 fully saturated rings. The molecule has 1 unspecified atom stereocenters. The van der Waals surface area contributed by atoms with Crippen LogP contribution >= 0.6 is 0 Å². The number of amides is 1. The van der Waals surface area contributed by atoms with Crippen molar-refractivity contribution in [1.29, 1.82) is 0 Å². The molecule has 0 aromatic carbocycles. The Morgan fingerprint density at radius 1 is 1.30 bits per heavy atom. The van der Waals surface area contributed by atoms with Crippen LogP contribution < -0.4 is 0 Å². The summed E-state index contributed by atoms with van der Waals surface area (Å²) in [4.78, 5) is 26.6. The summed E-state index contributed by atoms with van der Waals surface area (Å²) in [6, 6.07) is 0. The molecule has 0 aromatic rings. The zero-order valence-electron chi connectivity index (χ0n) is 12.5. The normalized spacial score (nSPS) is 19.0. The van der Waals surface area contributed by atoms with Crippen LogP contribution in [0.2, 0.25) is 0 Å². The van der Waals surface area contributed by atoms with Gasteiger partial charge in [-0.2, -0.15) is 0 Å². The Labute approximate surface area is 120 Å². The Bertz CT molecular complexity index is 322. The van der Waals surface area contributed by atoms with Crippen LogP contribution in [-0.4, -0.2) is 66.3 Å². The van der Waals surface area contributed by atoms with E-state index in [4.69, 9.17) is 9.84 Å². The topological polar surface area (TPSA) is 70.1 Å². The molecule has 0 saturated carbocycles. The summed E-state index contributed by atoms with van der Waals surface area (Å²) in [5.74, 6) is -0.984. The lowest BCUT2D eigenvalue weighted by molar-refractivity contribution is -0.141. The maximum absolute atomic E-state index is 11.9. The lowest BCUT2D eigenvalue weighted by Gasteiger charge is -2.24. The largest absolute Gasteiger partial charge is 0.481 e. The van der Waals surface area contributed by atoms with E-state index in [1.807, 2.05) is 13.8 Å². The first-order valence-electron chi connectivity index (χ1n) is 7.45. The molecule has 116 valence electrons. The second-order valence-corrected chi connectivity index (χ2v) is 5.23. The molecule has 1 N–H and O–H groups in total. The molecule has 0 bridgehead atoms. The zero-order chi connectivity index (χ0) is 15.0. The Balaban J connectivity index is 2.35. The van der Waals surface area contributed by atoms with Gasteiger partial charge in [-0.3, -0.25) is 4.79 Å². The Morgan fingerprint density at radius 3 is 2.60 bits per heavy atom. The van der Waals surface area contributed by atoms with E-state index in [9.17, 15) is 9.59 Å². The smallest absolute Gasteiger partial charge is 0.409 e. The number of nitrogens with zero attached hydrogens (tertiary/aromatic N) is 2. The summed E-state index contributed by atoms with van der Waals surface area (Å²) in [5.41, 5.74) is 0. The molecule has 6 nitrogen and oxygen atoms in total. The summed E-state index contributed by atoms with van der Waals surface area (Å²) in [6.45, 7) is 7.81. The minimum Gasteiger partial charge on any atom is -0.481 e. The zero-order valence-corrected chi connectivity index (χ0v) is 12.5. The fourth-order valence-corrected chi connectivity index (χ4v) is 2.34. The van der Waals surface area contributed by atoms with Crippen LogP contribution in [0.25, 0.3) is 0 Å². The number of aliphatic carboxylic acids is 1. The molecule has 1 atom stereocenters. The number of rotatable bonds is 8. The van der Waals surface area contributed by atoms with Crippen molar-refractivity contribution >= 4 is 12.1 Å². The summed E-state index contributed by atoms with van der Waals surface area (Å²) >= 11 is 0. The minimum atomic E-state index is -0.722. The molecule has 0 spiro atoms. The summed E-state index contributed by atoms with van der Waals surface area (Å²) in [5, 5.41) is 8.97. The van der Waals surface area contributed by atoms with Crippen molar-refractivity contribution < 1.29 is 19.4 Å². The molecule has 1 aliphatic rings. The standard InChI is InChI=1S/C14H26N2O4/c1-3-6-16(14(19)20-10-4-2)9-8-15-7-5-12(11-15)13(17)18/h12H,3-11H2,1-2H3,(H,17,18). The molecule has 20 heavy (non-hydrogen) atoms. The van der Waals surface area contributed by atoms with Crippen LogP contribution in [0.1, 0.15) is 33.1 Å². The van der Waals surface area contributed by atoms with Crippen molar-refractivity contribution in [2.75, 3.05) is 39.3 Å². The van der Waals surface area contributed by atoms with Gasteiger partial charge in [0.1, 0.15) is 0 Å². The third-order valence-corrected chi connectivity index (χ3v) is 3.49. The van der Waals surface area contributed by atoms with E-state index < -0.39 is 5.97 Å². The SMILES string of the molecule is CCCOC(=O)N(CCC)CCN1CCC(C(=O)O)C1. The molecule has 1 rings (SSSR count). The van der Waals surface area contributed by atoms with E-state index in [1.54, 1.807) is 4.90 Å². The van der Waals surface area contributed by atoms with Gasteiger partial charge < -0.3 is 19.6 Å². The van der Waals surface area contributed by atoms with Gasteiger partial charge in [-0.1, -0.05) is 13.8 Å². The van der Waals surface area contributed by atoms with Crippen LogP contribution in [0.5, 0.6) is 0 Å². The number of carboxylic acid groups (broad SMARTS) is 1. The van der Waals surface area contributed by atoms with Gasteiger partial charge in [-0.15, -0.1) is 0 Å². The Morgan fingerprint density at radius 2 is 2.05 bits per heavy atom. The Kier molecular flexibility index (Phi) is 7.36. The van der Waals surface area contributed by atoms with Crippen LogP contribution in [0.4, 0.5) is 4.79 Å². The van der Waals surface area contributed by atoms with Gasteiger partial charge in [0.05, 0.1) is 12.5 Å². The first-order chi connectivity index (χ1) is 9.58. The number of carbonyl (C=O) groups excluding carboxylic acids is 1. The number of ether oxygens (including phenoxy) is 1. The lowest BCUT2D eigenvalue weighted by Crippen LogP contribution is -2.39. The number of likely N-dealkylation sites (tertiary alicyclic amines) is 1. The molecule has 0 aliphatic carbocycles. The predicted octanol–water partition coefficient (Wildman–Crippen LogP) is 1.65. The van der Waals surface area contributed by atoms with E-state index in [1.165, 1.54) is 0 Å².